The van der Waals surface area contributed by atoms with Gasteiger partial charge in [-0.15, -0.1) is 11.3 Å². The first kappa shape index (κ1) is 21.3. The van der Waals surface area contributed by atoms with Gasteiger partial charge in [-0.25, -0.2) is 9.36 Å². The number of rotatable bonds is 4. The van der Waals surface area contributed by atoms with Gasteiger partial charge in [-0.2, -0.15) is 0 Å². The van der Waals surface area contributed by atoms with E-state index in [-0.39, 0.29) is 18.0 Å². The van der Waals surface area contributed by atoms with Gasteiger partial charge in [0.25, 0.3) is 5.56 Å². The number of amides is 1. The van der Waals surface area contributed by atoms with E-state index in [4.69, 9.17) is 0 Å². The Labute approximate surface area is 190 Å². The third-order valence-electron chi connectivity index (χ3n) is 4.92. The first-order valence-corrected chi connectivity index (χ1v) is 11.3. The number of carbonyl (C=O) groups is 1. The molecule has 0 unspecified atom stereocenters. The molecule has 1 amide bonds. The van der Waals surface area contributed by atoms with Crippen LogP contribution in [0.3, 0.4) is 0 Å². The van der Waals surface area contributed by atoms with Crippen LogP contribution in [0.15, 0.2) is 61.9 Å². The molecule has 0 aliphatic rings. The Morgan fingerprint density at radius 1 is 1.00 bits per heavy atom. The smallest absolute Gasteiger partial charge is 0.324 e. The van der Waals surface area contributed by atoms with Crippen molar-refractivity contribution in [3.8, 4) is 5.69 Å². The highest BCUT2D eigenvalue weighted by Gasteiger charge is 2.18. The summed E-state index contributed by atoms with van der Waals surface area (Å²) in [5.74, 6) is -0.357. The van der Waals surface area contributed by atoms with E-state index in [2.05, 4.69) is 21.2 Å². The van der Waals surface area contributed by atoms with E-state index in [9.17, 15) is 14.4 Å². The maximum atomic E-state index is 13.4. The molecule has 2 heterocycles. The van der Waals surface area contributed by atoms with Crippen LogP contribution in [0.4, 0.5) is 5.69 Å². The summed E-state index contributed by atoms with van der Waals surface area (Å²) in [7, 11) is 0. The molecular weight excluding hydrogens is 478 g/mol. The molecule has 1 N–H and O–H groups in total. The zero-order valence-corrected chi connectivity index (χ0v) is 19.6. The third kappa shape index (κ3) is 4.13. The topological polar surface area (TPSA) is 73.1 Å². The van der Waals surface area contributed by atoms with Crippen LogP contribution in [0.25, 0.3) is 15.9 Å². The highest BCUT2D eigenvalue weighted by atomic mass is 79.9. The highest BCUT2D eigenvalue weighted by molar-refractivity contribution is 9.10. The lowest BCUT2D eigenvalue weighted by atomic mass is 10.1. The Hall–Kier alpha value is -2.97. The molecule has 31 heavy (non-hydrogen) atoms. The standard InChI is InChI=1S/C23H20BrN3O3S/c1-13-4-5-18(17(24)11-13)25-20(28)12-26-19-6-7-31-21(19)22(29)27(23(26)30)16-9-14(2)8-15(3)10-16/h4-11H,12H2,1-3H3,(H,25,28). The molecule has 6 nitrogen and oxygen atoms in total. The summed E-state index contributed by atoms with van der Waals surface area (Å²) in [6.07, 6.45) is 0. The van der Waals surface area contributed by atoms with Crippen molar-refractivity contribution in [2.24, 2.45) is 0 Å². The maximum Gasteiger partial charge on any atom is 0.336 e. The van der Waals surface area contributed by atoms with Gasteiger partial charge in [0.1, 0.15) is 11.2 Å². The predicted octanol–water partition coefficient (Wildman–Crippen LogP) is 4.54. The number of carbonyl (C=O) groups excluding carboxylic acids is 1. The number of aryl methyl sites for hydroxylation is 3. The number of nitrogens with one attached hydrogen (secondary N) is 1. The largest absolute Gasteiger partial charge is 0.336 e. The summed E-state index contributed by atoms with van der Waals surface area (Å²) in [6.45, 7) is 5.57. The second-order valence-electron chi connectivity index (χ2n) is 7.52. The fourth-order valence-electron chi connectivity index (χ4n) is 3.60. The van der Waals surface area contributed by atoms with E-state index < -0.39 is 5.69 Å². The molecule has 0 saturated carbocycles. The number of thiophene rings is 1. The molecule has 4 aromatic rings. The molecule has 2 aromatic heterocycles. The fraction of sp³-hybridized carbons (Fsp3) is 0.174. The molecule has 0 radical (unpaired) electrons. The summed E-state index contributed by atoms with van der Waals surface area (Å²) >= 11 is 4.70. The fourth-order valence-corrected chi connectivity index (χ4v) is 5.02. The van der Waals surface area contributed by atoms with Gasteiger partial charge in [0.2, 0.25) is 5.91 Å². The molecule has 2 aromatic carbocycles. The van der Waals surface area contributed by atoms with E-state index in [0.29, 0.717) is 21.6 Å². The van der Waals surface area contributed by atoms with Crippen LogP contribution in [0.2, 0.25) is 0 Å². The molecule has 0 bridgehead atoms. The lowest BCUT2D eigenvalue weighted by Crippen LogP contribution is -2.40. The molecular formula is C23H20BrN3O3S. The van der Waals surface area contributed by atoms with E-state index in [1.54, 1.807) is 29.6 Å². The van der Waals surface area contributed by atoms with E-state index >= 15 is 0 Å². The van der Waals surface area contributed by atoms with Crippen LogP contribution in [-0.2, 0) is 11.3 Å². The molecule has 0 fully saturated rings. The normalized spacial score (nSPS) is 11.1. The Balaban J connectivity index is 1.81. The van der Waals surface area contributed by atoms with E-state index in [1.807, 2.05) is 39.0 Å². The van der Waals surface area contributed by atoms with Gasteiger partial charge in [0.05, 0.1) is 16.9 Å². The molecule has 0 aliphatic carbocycles. The Bertz CT molecular complexity index is 1430. The summed E-state index contributed by atoms with van der Waals surface area (Å²) in [4.78, 5) is 39.3. The molecule has 158 valence electrons. The van der Waals surface area contributed by atoms with Gasteiger partial charge in [0.15, 0.2) is 0 Å². The zero-order valence-electron chi connectivity index (χ0n) is 17.2. The summed E-state index contributed by atoms with van der Waals surface area (Å²) in [6, 6.07) is 12.9. The number of nitrogens with zero attached hydrogens (tertiary/aromatic N) is 2. The first-order chi connectivity index (χ1) is 14.7. The minimum absolute atomic E-state index is 0.211. The van der Waals surface area contributed by atoms with Gasteiger partial charge in [0, 0.05) is 4.47 Å². The number of halogens is 1. The first-order valence-electron chi connectivity index (χ1n) is 9.62. The zero-order chi connectivity index (χ0) is 22.3. The number of anilines is 1. The summed E-state index contributed by atoms with van der Waals surface area (Å²) in [5.41, 5.74) is 3.60. The molecule has 4 rings (SSSR count). The van der Waals surface area contributed by atoms with Crippen LogP contribution in [0, 0.1) is 20.8 Å². The van der Waals surface area contributed by atoms with Crippen molar-refractivity contribution in [1.82, 2.24) is 9.13 Å². The van der Waals surface area contributed by atoms with E-state index in [1.165, 1.54) is 15.9 Å². The highest BCUT2D eigenvalue weighted by Crippen LogP contribution is 2.23. The molecule has 0 aliphatic heterocycles. The number of hydrogen-bond donors (Lipinski definition) is 1. The minimum Gasteiger partial charge on any atom is -0.324 e. The van der Waals surface area contributed by atoms with Crippen molar-refractivity contribution in [2.75, 3.05) is 5.32 Å². The van der Waals surface area contributed by atoms with Crippen molar-refractivity contribution in [1.29, 1.82) is 0 Å². The summed E-state index contributed by atoms with van der Waals surface area (Å²) in [5, 5.41) is 4.58. The van der Waals surface area contributed by atoms with Gasteiger partial charge in [-0.3, -0.25) is 14.2 Å². The monoisotopic (exact) mass is 497 g/mol. The molecule has 0 spiro atoms. The Morgan fingerprint density at radius 2 is 1.71 bits per heavy atom. The van der Waals surface area contributed by atoms with Crippen LogP contribution < -0.4 is 16.6 Å². The van der Waals surface area contributed by atoms with Crippen molar-refractivity contribution in [3.05, 3.63) is 89.8 Å². The minimum atomic E-state index is -0.543. The molecule has 0 atom stereocenters. The van der Waals surface area contributed by atoms with Crippen LogP contribution >= 0.6 is 27.3 Å². The molecule has 0 saturated heterocycles. The van der Waals surface area contributed by atoms with Gasteiger partial charge < -0.3 is 5.32 Å². The molecule has 8 heteroatoms. The second kappa shape index (κ2) is 8.28. The lowest BCUT2D eigenvalue weighted by Gasteiger charge is -2.14. The number of benzene rings is 2. The number of hydrogen-bond acceptors (Lipinski definition) is 4. The number of aromatic nitrogens is 2. The summed E-state index contributed by atoms with van der Waals surface area (Å²) < 4.78 is 3.69. The SMILES string of the molecule is Cc1cc(C)cc(-n2c(=O)c3sccc3n(CC(=O)Nc3ccc(C)cc3Br)c2=O)c1. The van der Waals surface area contributed by atoms with Crippen molar-refractivity contribution in [3.63, 3.8) is 0 Å². The quantitative estimate of drug-likeness (QED) is 0.449. The van der Waals surface area contributed by atoms with Crippen LogP contribution in [0.5, 0.6) is 0 Å². The van der Waals surface area contributed by atoms with Crippen molar-refractivity contribution >= 4 is 49.1 Å². The van der Waals surface area contributed by atoms with Crippen LogP contribution in [0.1, 0.15) is 16.7 Å². The second-order valence-corrected chi connectivity index (χ2v) is 9.29. The average molecular weight is 498 g/mol. The van der Waals surface area contributed by atoms with Crippen molar-refractivity contribution in [2.45, 2.75) is 27.3 Å². The Morgan fingerprint density at radius 3 is 2.39 bits per heavy atom. The van der Waals surface area contributed by atoms with Crippen molar-refractivity contribution < 1.29 is 4.79 Å². The van der Waals surface area contributed by atoms with Gasteiger partial charge in [-0.1, -0.05) is 12.1 Å². The average Bonchev–Trinajstić information content (AvgIpc) is 3.17. The van der Waals surface area contributed by atoms with Crippen LogP contribution in [-0.4, -0.2) is 15.0 Å². The number of fused-ring (bicyclic) bond motifs is 1. The lowest BCUT2D eigenvalue weighted by molar-refractivity contribution is -0.116. The van der Waals surface area contributed by atoms with E-state index in [0.717, 1.165) is 25.7 Å². The third-order valence-corrected chi connectivity index (χ3v) is 6.47. The maximum absolute atomic E-state index is 13.4. The van der Waals surface area contributed by atoms with Gasteiger partial charge >= 0.3 is 5.69 Å². The predicted molar refractivity (Wildman–Crippen MR) is 129 cm³/mol. The Kier molecular flexibility index (Phi) is 5.68. The van der Waals surface area contributed by atoms with Gasteiger partial charge in [-0.05, 0) is 89.1 Å².